The normalized spacial score (nSPS) is 15.2. The summed E-state index contributed by atoms with van der Waals surface area (Å²) in [6.07, 6.45) is 3.62. The third-order valence-electron chi connectivity index (χ3n) is 5.56. The van der Waals surface area contributed by atoms with Crippen LogP contribution in [0.4, 0.5) is 0 Å². The number of carbonyl (C=O) groups excluding carboxylic acids is 1. The van der Waals surface area contributed by atoms with Crippen LogP contribution in [0.3, 0.4) is 0 Å². The average molecular weight is 378 g/mol. The van der Waals surface area contributed by atoms with Gasteiger partial charge in [-0.3, -0.25) is 14.4 Å². The highest BCUT2D eigenvalue weighted by molar-refractivity contribution is 5.94. The van der Waals surface area contributed by atoms with Gasteiger partial charge in [-0.15, -0.1) is 0 Å². The molecule has 1 aliphatic heterocycles. The number of benzene rings is 1. The minimum absolute atomic E-state index is 0.0856. The topological polar surface area (TPSA) is 59.2 Å². The largest absolute Gasteiger partial charge is 0.336 e. The number of carbonyl (C=O) groups is 1. The Bertz CT molecular complexity index is 967. The van der Waals surface area contributed by atoms with Crippen LogP contribution in [0, 0.1) is 13.8 Å². The third-order valence-corrected chi connectivity index (χ3v) is 5.56. The lowest BCUT2D eigenvalue weighted by Crippen LogP contribution is -2.48. The molecule has 2 aromatic heterocycles. The molecule has 146 valence electrons. The first-order valence-electron chi connectivity index (χ1n) is 9.63. The molecule has 7 nitrogen and oxygen atoms in total. The Morgan fingerprint density at radius 2 is 1.89 bits per heavy atom. The predicted octanol–water partition coefficient (Wildman–Crippen LogP) is 2.18. The summed E-state index contributed by atoms with van der Waals surface area (Å²) >= 11 is 0. The van der Waals surface area contributed by atoms with Crippen molar-refractivity contribution < 1.29 is 4.79 Å². The molecule has 0 spiro atoms. The van der Waals surface area contributed by atoms with E-state index >= 15 is 0 Å². The van der Waals surface area contributed by atoms with Crippen LogP contribution >= 0.6 is 0 Å². The van der Waals surface area contributed by atoms with E-state index in [0.29, 0.717) is 5.56 Å². The zero-order chi connectivity index (χ0) is 19.7. The highest BCUT2D eigenvalue weighted by Crippen LogP contribution is 2.17. The second kappa shape index (κ2) is 7.59. The van der Waals surface area contributed by atoms with Gasteiger partial charge in [-0.1, -0.05) is 6.07 Å². The fourth-order valence-corrected chi connectivity index (χ4v) is 3.76. The molecular weight excluding hydrogens is 352 g/mol. The molecule has 0 saturated carbocycles. The second-order valence-electron chi connectivity index (χ2n) is 7.34. The molecule has 0 N–H and O–H groups in total. The number of amides is 1. The van der Waals surface area contributed by atoms with Gasteiger partial charge in [0.1, 0.15) is 0 Å². The number of hydrogen-bond donors (Lipinski definition) is 0. The van der Waals surface area contributed by atoms with Crippen molar-refractivity contribution in [3.05, 3.63) is 65.2 Å². The molecule has 0 unspecified atom stereocenters. The molecule has 0 atom stereocenters. The van der Waals surface area contributed by atoms with Crippen LogP contribution in [0.15, 0.2) is 42.7 Å². The number of nitrogens with zero attached hydrogens (tertiary/aromatic N) is 6. The molecule has 4 rings (SSSR count). The van der Waals surface area contributed by atoms with Gasteiger partial charge in [-0.05, 0) is 38.1 Å². The first-order chi connectivity index (χ1) is 13.5. The van der Waals surface area contributed by atoms with Crippen LogP contribution in [0.2, 0.25) is 0 Å². The first kappa shape index (κ1) is 18.4. The molecule has 1 aliphatic rings. The van der Waals surface area contributed by atoms with E-state index in [4.69, 9.17) is 0 Å². The summed E-state index contributed by atoms with van der Waals surface area (Å²) in [6, 6.07) is 9.53. The van der Waals surface area contributed by atoms with E-state index in [1.165, 1.54) is 11.3 Å². The molecule has 1 fully saturated rings. The Labute approximate surface area is 165 Å². The van der Waals surface area contributed by atoms with Gasteiger partial charge in [-0.25, -0.2) is 4.68 Å². The quantitative estimate of drug-likeness (QED) is 0.698. The molecule has 1 amide bonds. The van der Waals surface area contributed by atoms with Gasteiger partial charge in [0, 0.05) is 69.0 Å². The fraction of sp³-hybridized carbons (Fsp3) is 0.381. The van der Waals surface area contributed by atoms with Gasteiger partial charge in [0.2, 0.25) is 0 Å². The lowest BCUT2D eigenvalue weighted by molar-refractivity contribution is 0.0628. The van der Waals surface area contributed by atoms with Crippen LogP contribution in [0.25, 0.3) is 5.69 Å². The molecule has 0 bridgehead atoms. The zero-order valence-corrected chi connectivity index (χ0v) is 16.7. The lowest BCUT2D eigenvalue weighted by Gasteiger charge is -2.35. The minimum atomic E-state index is 0.0856. The maximum Gasteiger partial charge on any atom is 0.254 e. The van der Waals surface area contributed by atoms with Crippen molar-refractivity contribution in [2.75, 3.05) is 26.2 Å². The van der Waals surface area contributed by atoms with Crippen LogP contribution in [-0.2, 0) is 13.6 Å². The van der Waals surface area contributed by atoms with E-state index in [2.05, 4.69) is 28.9 Å². The number of piperazine rings is 1. The molecule has 3 heterocycles. The van der Waals surface area contributed by atoms with Gasteiger partial charge in [-0.2, -0.15) is 10.2 Å². The zero-order valence-electron chi connectivity index (χ0n) is 16.7. The van der Waals surface area contributed by atoms with E-state index in [0.717, 1.165) is 44.1 Å². The molecular formula is C21H26N6O. The van der Waals surface area contributed by atoms with E-state index in [1.807, 2.05) is 53.2 Å². The molecule has 3 aromatic rings. The Hall–Kier alpha value is -2.93. The molecule has 28 heavy (non-hydrogen) atoms. The summed E-state index contributed by atoms with van der Waals surface area (Å²) in [5.74, 6) is 0.0856. The Morgan fingerprint density at radius 1 is 1.11 bits per heavy atom. The van der Waals surface area contributed by atoms with Gasteiger partial charge >= 0.3 is 0 Å². The van der Waals surface area contributed by atoms with E-state index in [-0.39, 0.29) is 5.91 Å². The number of aryl methyl sites for hydroxylation is 2. The van der Waals surface area contributed by atoms with Crippen molar-refractivity contribution in [3.8, 4) is 5.69 Å². The summed E-state index contributed by atoms with van der Waals surface area (Å²) in [6.45, 7) is 8.29. The van der Waals surface area contributed by atoms with E-state index in [9.17, 15) is 4.79 Å². The second-order valence-corrected chi connectivity index (χ2v) is 7.34. The van der Waals surface area contributed by atoms with Crippen LogP contribution in [0.1, 0.15) is 27.3 Å². The van der Waals surface area contributed by atoms with Crippen LogP contribution in [-0.4, -0.2) is 61.4 Å². The molecule has 0 radical (unpaired) electrons. The predicted molar refractivity (Wildman–Crippen MR) is 107 cm³/mol. The summed E-state index contributed by atoms with van der Waals surface area (Å²) < 4.78 is 3.71. The maximum absolute atomic E-state index is 13.0. The molecule has 1 saturated heterocycles. The first-order valence-corrected chi connectivity index (χ1v) is 9.63. The summed E-state index contributed by atoms with van der Waals surface area (Å²) in [4.78, 5) is 17.3. The van der Waals surface area contributed by atoms with E-state index < -0.39 is 0 Å². The average Bonchev–Trinajstić information content (AvgIpc) is 3.33. The van der Waals surface area contributed by atoms with Gasteiger partial charge in [0.15, 0.2) is 0 Å². The fourth-order valence-electron chi connectivity index (χ4n) is 3.76. The Balaban J connectivity index is 1.40. The lowest BCUT2D eigenvalue weighted by atomic mass is 10.1. The minimum Gasteiger partial charge on any atom is -0.336 e. The smallest absolute Gasteiger partial charge is 0.254 e. The monoisotopic (exact) mass is 378 g/mol. The van der Waals surface area contributed by atoms with Crippen molar-refractivity contribution >= 4 is 5.91 Å². The number of aromatic nitrogens is 4. The SMILES string of the molecule is Cc1nn(C)c(C)c1CN1CCN(C(=O)c2cccc(-n3cccn3)c2)CC1. The van der Waals surface area contributed by atoms with Crippen molar-refractivity contribution in [2.45, 2.75) is 20.4 Å². The van der Waals surface area contributed by atoms with Gasteiger partial charge < -0.3 is 4.90 Å². The summed E-state index contributed by atoms with van der Waals surface area (Å²) in [5, 5.41) is 8.75. The number of rotatable bonds is 4. The van der Waals surface area contributed by atoms with Crippen LogP contribution in [0.5, 0.6) is 0 Å². The van der Waals surface area contributed by atoms with E-state index in [1.54, 1.807) is 10.9 Å². The highest BCUT2D eigenvalue weighted by Gasteiger charge is 2.23. The number of hydrogen-bond acceptors (Lipinski definition) is 4. The van der Waals surface area contributed by atoms with Crippen molar-refractivity contribution in [3.63, 3.8) is 0 Å². The Kier molecular flexibility index (Phi) is 5.00. The van der Waals surface area contributed by atoms with Crippen molar-refractivity contribution in [1.29, 1.82) is 0 Å². The third kappa shape index (κ3) is 3.57. The van der Waals surface area contributed by atoms with Crippen molar-refractivity contribution in [2.24, 2.45) is 7.05 Å². The summed E-state index contributed by atoms with van der Waals surface area (Å²) in [5.41, 5.74) is 5.21. The highest BCUT2D eigenvalue weighted by atomic mass is 16.2. The molecule has 7 heteroatoms. The Morgan fingerprint density at radius 3 is 2.54 bits per heavy atom. The van der Waals surface area contributed by atoms with Gasteiger partial charge in [0.25, 0.3) is 5.91 Å². The van der Waals surface area contributed by atoms with Crippen LogP contribution < -0.4 is 0 Å². The van der Waals surface area contributed by atoms with Gasteiger partial charge in [0.05, 0.1) is 11.4 Å². The standard InChI is InChI=1S/C21H26N6O/c1-16-20(17(2)24(3)23-16)15-25-10-12-26(13-11-25)21(28)18-6-4-7-19(14-18)27-9-5-8-22-27/h4-9,14H,10-13,15H2,1-3H3. The maximum atomic E-state index is 13.0. The summed E-state index contributed by atoms with van der Waals surface area (Å²) in [7, 11) is 1.99. The molecule has 1 aromatic carbocycles. The molecule has 0 aliphatic carbocycles. The van der Waals surface area contributed by atoms with Crippen molar-refractivity contribution in [1.82, 2.24) is 29.4 Å².